The highest BCUT2D eigenvalue weighted by atomic mass is 16.7. The second kappa shape index (κ2) is 8.33. The maximum Gasteiger partial charge on any atom is 0.231 e. The van der Waals surface area contributed by atoms with Gasteiger partial charge in [0.1, 0.15) is 11.5 Å². The van der Waals surface area contributed by atoms with Crippen molar-refractivity contribution in [3.63, 3.8) is 0 Å². The van der Waals surface area contributed by atoms with E-state index >= 15 is 0 Å². The number of hydrogen-bond donors (Lipinski definition) is 0. The Morgan fingerprint density at radius 3 is 2.83 bits per heavy atom. The summed E-state index contributed by atoms with van der Waals surface area (Å²) in [5.41, 5.74) is 3.28. The molecular formula is C23H27NO5. The highest BCUT2D eigenvalue weighted by Gasteiger charge is 2.34. The van der Waals surface area contributed by atoms with Crippen LogP contribution < -0.4 is 18.9 Å². The van der Waals surface area contributed by atoms with Crippen molar-refractivity contribution >= 4 is 5.78 Å². The van der Waals surface area contributed by atoms with E-state index in [1.165, 1.54) is 5.56 Å². The Bertz CT molecular complexity index is 910. The highest BCUT2D eigenvalue weighted by molar-refractivity contribution is 5.80. The second-order valence-electron chi connectivity index (χ2n) is 7.52. The standard InChI is InChI=1S/C23H27NO5/c1-24-11-10-16-12-20-22(29-14-28-20)23(27-3)21(16)18(24)13-17(25)9-8-15-6-4-5-7-19(15)26-2/h4-7,12,18H,8-11,13-14H2,1-3H3. The number of likely N-dealkylation sites (N-methyl/N-ethyl adjacent to an activating group) is 1. The first kappa shape index (κ1) is 19.6. The molecule has 0 saturated heterocycles. The van der Waals surface area contributed by atoms with E-state index < -0.39 is 0 Å². The van der Waals surface area contributed by atoms with Crippen molar-refractivity contribution in [2.24, 2.45) is 0 Å². The lowest BCUT2D eigenvalue weighted by Gasteiger charge is -2.35. The van der Waals surface area contributed by atoms with Gasteiger partial charge in [0, 0.05) is 31.0 Å². The van der Waals surface area contributed by atoms with Crippen LogP contribution in [0.5, 0.6) is 23.0 Å². The Kier molecular flexibility index (Phi) is 5.62. The number of carbonyl (C=O) groups excluding carboxylic acids is 1. The number of nitrogens with zero attached hydrogens (tertiary/aromatic N) is 1. The molecule has 2 aromatic rings. The van der Waals surface area contributed by atoms with E-state index in [4.69, 9.17) is 18.9 Å². The van der Waals surface area contributed by atoms with E-state index in [-0.39, 0.29) is 18.6 Å². The number of ketones is 1. The summed E-state index contributed by atoms with van der Waals surface area (Å²) in [6.07, 6.45) is 2.48. The first-order valence-corrected chi connectivity index (χ1v) is 9.95. The number of fused-ring (bicyclic) bond motifs is 2. The van der Waals surface area contributed by atoms with Gasteiger partial charge in [-0.3, -0.25) is 9.69 Å². The minimum Gasteiger partial charge on any atom is -0.496 e. The summed E-state index contributed by atoms with van der Waals surface area (Å²) in [6, 6.07) is 9.86. The second-order valence-corrected chi connectivity index (χ2v) is 7.52. The molecule has 0 spiro atoms. The fourth-order valence-electron chi connectivity index (χ4n) is 4.28. The van der Waals surface area contributed by atoms with Crippen molar-refractivity contribution in [2.45, 2.75) is 31.7 Å². The fraction of sp³-hybridized carbons (Fsp3) is 0.435. The number of ether oxygens (including phenoxy) is 4. The summed E-state index contributed by atoms with van der Waals surface area (Å²) >= 11 is 0. The van der Waals surface area contributed by atoms with Crippen LogP contribution in [-0.2, 0) is 17.6 Å². The molecule has 0 aliphatic carbocycles. The number of benzene rings is 2. The van der Waals surface area contributed by atoms with Gasteiger partial charge in [-0.25, -0.2) is 0 Å². The lowest BCUT2D eigenvalue weighted by molar-refractivity contribution is -0.120. The number of hydrogen-bond acceptors (Lipinski definition) is 6. The van der Waals surface area contributed by atoms with Gasteiger partial charge >= 0.3 is 0 Å². The molecule has 2 heterocycles. The number of rotatable bonds is 7. The van der Waals surface area contributed by atoms with E-state index in [0.29, 0.717) is 30.8 Å². The molecule has 1 unspecified atom stereocenters. The summed E-state index contributed by atoms with van der Waals surface area (Å²) in [5, 5.41) is 0. The van der Waals surface area contributed by atoms with Gasteiger partial charge < -0.3 is 18.9 Å². The molecule has 2 aromatic carbocycles. The van der Waals surface area contributed by atoms with Gasteiger partial charge in [0.15, 0.2) is 11.5 Å². The normalized spacial score (nSPS) is 17.7. The number of aryl methyl sites for hydroxylation is 1. The van der Waals surface area contributed by atoms with Crippen LogP contribution in [0.2, 0.25) is 0 Å². The lowest BCUT2D eigenvalue weighted by atomic mass is 9.87. The molecule has 0 aromatic heterocycles. The van der Waals surface area contributed by atoms with Crippen molar-refractivity contribution in [1.29, 1.82) is 0 Å². The minimum absolute atomic E-state index is 0.0339. The number of methoxy groups -OCH3 is 2. The van der Waals surface area contributed by atoms with E-state index in [9.17, 15) is 4.79 Å². The largest absolute Gasteiger partial charge is 0.496 e. The molecule has 1 atom stereocenters. The van der Waals surface area contributed by atoms with Gasteiger partial charge in [-0.2, -0.15) is 0 Å². The molecule has 0 N–H and O–H groups in total. The van der Waals surface area contributed by atoms with Gasteiger partial charge in [0.05, 0.1) is 14.2 Å². The smallest absolute Gasteiger partial charge is 0.231 e. The summed E-state index contributed by atoms with van der Waals surface area (Å²) < 4.78 is 22.3. The quantitative estimate of drug-likeness (QED) is 0.712. The molecule has 0 saturated carbocycles. The maximum atomic E-state index is 12.9. The van der Waals surface area contributed by atoms with Gasteiger partial charge in [-0.05, 0) is 43.1 Å². The van der Waals surface area contributed by atoms with Crippen molar-refractivity contribution in [3.05, 3.63) is 47.0 Å². The average molecular weight is 397 g/mol. The van der Waals surface area contributed by atoms with Crippen LogP contribution in [0.4, 0.5) is 0 Å². The maximum absolute atomic E-state index is 12.9. The lowest BCUT2D eigenvalue weighted by Crippen LogP contribution is -2.34. The number of para-hydroxylation sites is 1. The Morgan fingerprint density at radius 1 is 1.21 bits per heavy atom. The van der Waals surface area contributed by atoms with E-state index in [1.807, 2.05) is 30.3 Å². The predicted octanol–water partition coefficient (Wildman–Crippen LogP) is 3.55. The molecule has 6 heteroatoms. The predicted molar refractivity (Wildman–Crippen MR) is 109 cm³/mol. The van der Waals surface area contributed by atoms with Crippen molar-refractivity contribution < 1.29 is 23.7 Å². The third kappa shape index (κ3) is 3.77. The van der Waals surface area contributed by atoms with Crippen LogP contribution in [0.25, 0.3) is 0 Å². The van der Waals surface area contributed by atoms with Crippen LogP contribution in [0, 0.1) is 0 Å². The first-order chi connectivity index (χ1) is 14.1. The summed E-state index contributed by atoms with van der Waals surface area (Å²) in [4.78, 5) is 15.1. The van der Waals surface area contributed by atoms with E-state index in [0.717, 1.165) is 35.6 Å². The molecule has 154 valence electrons. The molecule has 0 fully saturated rings. The van der Waals surface area contributed by atoms with Gasteiger partial charge in [-0.15, -0.1) is 0 Å². The number of Topliss-reactive ketones (excluding diaryl/α,β-unsaturated/α-hetero) is 1. The molecule has 0 amide bonds. The summed E-state index contributed by atoms with van der Waals surface area (Å²) in [6.45, 7) is 1.09. The summed E-state index contributed by atoms with van der Waals surface area (Å²) in [5.74, 6) is 3.12. The summed E-state index contributed by atoms with van der Waals surface area (Å²) in [7, 11) is 5.36. The minimum atomic E-state index is -0.0339. The van der Waals surface area contributed by atoms with Crippen LogP contribution in [0.15, 0.2) is 30.3 Å². The zero-order valence-electron chi connectivity index (χ0n) is 17.2. The molecule has 6 nitrogen and oxygen atoms in total. The Morgan fingerprint density at radius 2 is 2.03 bits per heavy atom. The molecule has 2 aliphatic heterocycles. The molecule has 2 aliphatic rings. The topological polar surface area (TPSA) is 57.2 Å². The molecule has 29 heavy (non-hydrogen) atoms. The van der Waals surface area contributed by atoms with E-state index in [1.54, 1.807) is 14.2 Å². The Hall–Kier alpha value is -2.73. The van der Waals surface area contributed by atoms with Crippen LogP contribution in [0.3, 0.4) is 0 Å². The van der Waals surface area contributed by atoms with Gasteiger partial charge in [-0.1, -0.05) is 18.2 Å². The zero-order valence-corrected chi connectivity index (χ0v) is 17.2. The molecule has 0 radical (unpaired) electrons. The van der Waals surface area contributed by atoms with Gasteiger partial charge in [0.2, 0.25) is 12.5 Å². The molecule has 4 rings (SSSR count). The van der Waals surface area contributed by atoms with Crippen molar-refractivity contribution in [3.8, 4) is 23.0 Å². The van der Waals surface area contributed by atoms with E-state index in [2.05, 4.69) is 11.9 Å². The highest BCUT2D eigenvalue weighted by Crippen LogP contribution is 2.50. The third-order valence-corrected chi connectivity index (χ3v) is 5.83. The average Bonchev–Trinajstić information content (AvgIpc) is 3.21. The SMILES string of the molecule is COc1ccccc1CCC(=O)CC1c2c(cc3c(c2OC)OCO3)CCN1C. The number of carbonyl (C=O) groups is 1. The van der Waals surface area contributed by atoms with Gasteiger partial charge in [0.25, 0.3) is 0 Å². The monoisotopic (exact) mass is 397 g/mol. The fourth-order valence-corrected chi connectivity index (χ4v) is 4.28. The Labute approximate surface area is 171 Å². The third-order valence-electron chi connectivity index (χ3n) is 5.83. The molecular weight excluding hydrogens is 370 g/mol. The molecule has 0 bridgehead atoms. The van der Waals surface area contributed by atoms with Crippen molar-refractivity contribution in [1.82, 2.24) is 4.90 Å². The Balaban J connectivity index is 1.54. The van der Waals surface area contributed by atoms with Crippen LogP contribution >= 0.6 is 0 Å². The van der Waals surface area contributed by atoms with Crippen LogP contribution in [-0.4, -0.2) is 45.3 Å². The zero-order chi connectivity index (χ0) is 20.4. The first-order valence-electron chi connectivity index (χ1n) is 9.95. The van der Waals surface area contributed by atoms with Crippen LogP contribution in [0.1, 0.15) is 35.6 Å². The van der Waals surface area contributed by atoms with Crippen molar-refractivity contribution in [2.75, 3.05) is 34.6 Å².